The highest BCUT2D eigenvalue weighted by molar-refractivity contribution is 14.0. The van der Waals surface area contributed by atoms with Crippen LogP contribution in [-0.2, 0) is 19.5 Å². The Morgan fingerprint density at radius 3 is 2.69 bits per heavy atom. The van der Waals surface area contributed by atoms with E-state index >= 15 is 0 Å². The molecular weight excluding hydrogens is 457 g/mol. The topological polar surface area (TPSA) is 54.2 Å². The molecule has 0 aliphatic rings. The van der Waals surface area contributed by atoms with Crippen molar-refractivity contribution in [2.24, 2.45) is 4.99 Å². The van der Waals surface area contributed by atoms with Crippen LogP contribution in [0.15, 0.2) is 65.2 Å². The summed E-state index contributed by atoms with van der Waals surface area (Å²) in [6, 6.07) is 14.6. The Bertz CT molecular complexity index is 783. The van der Waals surface area contributed by atoms with Crippen molar-refractivity contribution in [3.05, 3.63) is 76.2 Å². The number of hydrogen-bond acceptors (Lipinski definition) is 3. The Balaban J connectivity index is 0.00000243. The van der Waals surface area contributed by atoms with Crippen LogP contribution >= 0.6 is 35.3 Å². The van der Waals surface area contributed by atoms with Gasteiger partial charge in [-0.2, -0.15) is 5.10 Å². The largest absolute Gasteiger partial charge is 0.356 e. The third-order valence-corrected chi connectivity index (χ3v) is 4.74. The zero-order chi connectivity index (χ0) is 17.3. The molecule has 138 valence electrons. The summed E-state index contributed by atoms with van der Waals surface area (Å²) >= 11 is 1.78. The summed E-state index contributed by atoms with van der Waals surface area (Å²) in [5, 5.41) is 13.2. The summed E-state index contributed by atoms with van der Waals surface area (Å²) in [5.41, 5.74) is 2.38. The molecule has 0 bridgehead atoms. The first-order valence-electron chi connectivity index (χ1n) is 8.35. The Morgan fingerprint density at radius 1 is 1.12 bits per heavy atom. The number of nitrogens with one attached hydrogen (secondary N) is 2. The van der Waals surface area contributed by atoms with Gasteiger partial charge in [0.2, 0.25) is 0 Å². The van der Waals surface area contributed by atoms with E-state index in [0.29, 0.717) is 6.54 Å². The lowest BCUT2D eigenvalue weighted by atomic mass is 10.2. The highest BCUT2D eigenvalue weighted by Crippen LogP contribution is 2.08. The molecule has 0 aliphatic heterocycles. The summed E-state index contributed by atoms with van der Waals surface area (Å²) in [6.45, 7) is 2.36. The summed E-state index contributed by atoms with van der Waals surface area (Å²) < 4.78 is 1.96. The maximum absolute atomic E-state index is 4.43. The fraction of sp³-hybridized carbons (Fsp3) is 0.263. The first kappa shape index (κ1) is 20.4. The van der Waals surface area contributed by atoms with Crippen LogP contribution in [0.1, 0.15) is 16.0 Å². The Hall–Kier alpha value is -1.87. The van der Waals surface area contributed by atoms with Crippen molar-refractivity contribution in [3.8, 4) is 0 Å². The molecule has 0 saturated carbocycles. The number of aliphatic imine (C=N–C) groups is 1. The van der Waals surface area contributed by atoms with Crippen LogP contribution in [0.25, 0.3) is 0 Å². The number of guanidine groups is 1. The first-order valence-corrected chi connectivity index (χ1v) is 9.23. The van der Waals surface area contributed by atoms with Crippen LogP contribution in [0.4, 0.5) is 0 Å². The summed E-state index contributed by atoms with van der Waals surface area (Å²) in [5.74, 6) is 0.812. The van der Waals surface area contributed by atoms with Gasteiger partial charge in [0.15, 0.2) is 5.96 Å². The van der Waals surface area contributed by atoms with Gasteiger partial charge in [0.1, 0.15) is 0 Å². The monoisotopic (exact) mass is 481 g/mol. The minimum absolute atomic E-state index is 0. The van der Waals surface area contributed by atoms with E-state index < -0.39 is 0 Å². The summed E-state index contributed by atoms with van der Waals surface area (Å²) in [7, 11) is 1.79. The second-order valence-electron chi connectivity index (χ2n) is 5.71. The fourth-order valence-electron chi connectivity index (χ4n) is 2.52. The predicted molar refractivity (Wildman–Crippen MR) is 119 cm³/mol. The zero-order valence-electron chi connectivity index (χ0n) is 14.8. The molecule has 2 heterocycles. The third-order valence-electron chi connectivity index (χ3n) is 3.80. The molecule has 0 aliphatic carbocycles. The van der Waals surface area contributed by atoms with E-state index in [4.69, 9.17) is 0 Å². The van der Waals surface area contributed by atoms with Crippen LogP contribution in [0.3, 0.4) is 0 Å². The number of nitrogens with zero attached hydrogens (tertiary/aromatic N) is 3. The van der Waals surface area contributed by atoms with Gasteiger partial charge < -0.3 is 10.6 Å². The van der Waals surface area contributed by atoms with E-state index in [1.807, 2.05) is 29.1 Å². The minimum atomic E-state index is 0. The van der Waals surface area contributed by atoms with Crippen molar-refractivity contribution in [1.29, 1.82) is 0 Å². The van der Waals surface area contributed by atoms with E-state index in [2.05, 4.69) is 56.6 Å². The molecular formula is C19H24IN5S. The predicted octanol–water partition coefficient (Wildman–Crippen LogP) is 3.52. The van der Waals surface area contributed by atoms with Crippen LogP contribution in [0, 0.1) is 0 Å². The fourth-order valence-corrected chi connectivity index (χ4v) is 3.23. The quantitative estimate of drug-likeness (QED) is 0.309. The average Bonchev–Trinajstić information content (AvgIpc) is 3.31. The Labute approximate surface area is 175 Å². The molecule has 0 spiro atoms. The van der Waals surface area contributed by atoms with E-state index in [9.17, 15) is 0 Å². The molecule has 0 saturated heterocycles. The zero-order valence-corrected chi connectivity index (χ0v) is 17.9. The van der Waals surface area contributed by atoms with Gasteiger partial charge in [0.05, 0.1) is 12.7 Å². The summed E-state index contributed by atoms with van der Waals surface area (Å²) in [6.07, 6.45) is 4.97. The van der Waals surface area contributed by atoms with Crippen molar-refractivity contribution in [2.45, 2.75) is 19.5 Å². The lowest BCUT2D eigenvalue weighted by Gasteiger charge is -2.10. The van der Waals surface area contributed by atoms with Crippen LogP contribution in [0.2, 0.25) is 0 Å². The smallest absolute Gasteiger partial charge is 0.191 e. The number of aromatic nitrogens is 2. The second-order valence-corrected chi connectivity index (χ2v) is 6.75. The standard InChI is InChI=1S/C19H23N5S.HI/c1-20-19(21-10-9-18-8-5-11-25-18)22-12-17-13-23-24(15-17)14-16-6-3-2-4-7-16;/h2-8,11,13,15H,9-10,12,14H2,1H3,(H2,20,21,22);1H. The molecule has 0 fully saturated rings. The van der Waals surface area contributed by atoms with E-state index in [0.717, 1.165) is 31.0 Å². The molecule has 0 unspecified atom stereocenters. The first-order chi connectivity index (χ1) is 12.3. The van der Waals surface area contributed by atoms with Gasteiger partial charge >= 0.3 is 0 Å². The van der Waals surface area contributed by atoms with Crippen molar-refractivity contribution in [3.63, 3.8) is 0 Å². The van der Waals surface area contributed by atoms with E-state index in [1.165, 1.54) is 10.4 Å². The lowest BCUT2D eigenvalue weighted by molar-refractivity contribution is 0.685. The normalized spacial score (nSPS) is 11.0. The number of thiophene rings is 1. The molecule has 0 radical (unpaired) electrons. The van der Waals surface area contributed by atoms with Crippen molar-refractivity contribution in [1.82, 2.24) is 20.4 Å². The Morgan fingerprint density at radius 2 is 1.96 bits per heavy atom. The maximum Gasteiger partial charge on any atom is 0.191 e. The molecule has 2 N–H and O–H groups in total. The second kappa shape index (κ2) is 11.0. The van der Waals surface area contributed by atoms with Gasteiger partial charge in [-0.1, -0.05) is 36.4 Å². The highest BCUT2D eigenvalue weighted by Gasteiger charge is 2.02. The SMILES string of the molecule is CN=C(NCCc1cccs1)NCc1cnn(Cc2ccccc2)c1.I. The van der Waals surface area contributed by atoms with E-state index in [-0.39, 0.29) is 24.0 Å². The average molecular weight is 481 g/mol. The maximum atomic E-state index is 4.43. The number of halogens is 1. The van der Waals surface area contributed by atoms with Crippen LogP contribution < -0.4 is 10.6 Å². The lowest BCUT2D eigenvalue weighted by Crippen LogP contribution is -2.37. The molecule has 3 rings (SSSR count). The van der Waals surface area contributed by atoms with Gasteiger partial charge in [-0.15, -0.1) is 35.3 Å². The van der Waals surface area contributed by atoms with Crippen LogP contribution in [-0.4, -0.2) is 29.3 Å². The van der Waals surface area contributed by atoms with Gasteiger partial charge in [-0.05, 0) is 23.4 Å². The molecule has 0 atom stereocenters. The van der Waals surface area contributed by atoms with Crippen molar-refractivity contribution in [2.75, 3.05) is 13.6 Å². The number of benzene rings is 1. The molecule has 3 aromatic rings. The Kier molecular flexibility index (Phi) is 8.63. The molecule has 5 nitrogen and oxygen atoms in total. The molecule has 2 aromatic heterocycles. The summed E-state index contributed by atoms with van der Waals surface area (Å²) in [4.78, 5) is 5.65. The molecule has 1 aromatic carbocycles. The van der Waals surface area contributed by atoms with Gasteiger partial charge in [-0.3, -0.25) is 9.67 Å². The molecule has 7 heteroatoms. The van der Waals surface area contributed by atoms with Gasteiger partial charge in [0.25, 0.3) is 0 Å². The van der Waals surface area contributed by atoms with E-state index in [1.54, 1.807) is 18.4 Å². The van der Waals surface area contributed by atoms with Gasteiger partial charge in [-0.25, -0.2) is 0 Å². The van der Waals surface area contributed by atoms with Crippen molar-refractivity contribution < 1.29 is 0 Å². The third kappa shape index (κ3) is 6.45. The van der Waals surface area contributed by atoms with Crippen LogP contribution in [0.5, 0.6) is 0 Å². The highest BCUT2D eigenvalue weighted by atomic mass is 127. The van der Waals surface area contributed by atoms with Gasteiger partial charge in [0, 0.05) is 36.8 Å². The molecule has 0 amide bonds. The number of hydrogen-bond donors (Lipinski definition) is 2. The number of rotatable bonds is 7. The minimum Gasteiger partial charge on any atom is -0.356 e. The van der Waals surface area contributed by atoms with Crippen molar-refractivity contribution >= 4 is 41.3 Å². The molecule has 26 heavy (non-hydrogen) atoms.